The van der Waals surface area contributed by atoms with Crippen molar-refractivity contribution in [3.63, 3.8) is 0 Å². The smallest absolute Gasteiger partial charge is 0.404 e. The van der Waals surface area contributed by atoms with Gasteiger partial charge in [0.1, 0.15) is 23.1 Å². The number of hydrogen-bond acceptors (Lipinski definition) is 4. The molecule has 2 aromatic carbocycles. The van der Waals surface area contributed by atoms with Crippen molar-refractivity contribution in [1.29, 1.82) is 0 Å². The SMILES string of the molecule is COc1ccc(-n2c(-c3ccc(Br)c(F)c3)nc(C(=O)N3CCC[C@@H](NC(=O)O)C3)c2C)cc1. The van der Waals surface area contributed by atoms with Crippen LogP contribution in [0.2, 0.25) is 0 Å². The van der Waals surface area contributed by atoms with Crippen LogP contribution in [0.4, 0.5) is 9.18 Å². The zero-order chi connectivity index (χ0) is 24.4. The maximum atomic E-state index is 14.4. The number of imidazole rings is 1. The lowest BCUT2D eigenvalue weighted by molar-refractivity contribution is 0.0686. The molecule has 2 amide bonds. The van der Waals surface area contributed by atoms with Crippen molar-refractivity contribution in [2.24, 2.45) is 0 Å². The molecule has 1 atom stereocenters. The standard InChI is InChI=1S/C24H24BrFN4O4/c1-14-21(23(31)29-11-3-4-16(13-29)27-24(32)33)28-22(15-5-10-19(25)20(26)12-15)30(14)17-6-8-18(34-2)9-7-17/h5-10,12,16,27H,3-4,11,13H2,1-2H3,(H,32,33)/t16-/m1/s1. The summed E-state index contributed by atoms with van der Waals surface area (Å²) in [7, 11) is 1.58. The number of benzene rings is 2. The van der Waals surface area contributed by atoms with Gasteiger partial charge in [0.05, 0.1) is 17.3 Å². The highest BCUT2D eigenvalue weighted by atomic mass is 79.9. The van der Waals surface area contributed by atoms with E-state index >= 15 is 0 Å². The first kappa shape index (κ1) is 23.7. The van der Waals surface area contributed by atoms with Crippen molar-refractivity contribution < 1.29 is 23.8 Å². The van der Waals surface area contributed by atoms with E-state index in [-0.39, 0.29) is 24.2 Å². The molecule has 1 aliphatic heterocycles. The number of aromatic nitrogens is 2. The second-order valence-corrected chi connectivity index (χ2v) is 8.93. The summed E-state index contributed by atoms with van der Waals surface area (Å²) >= 11 is 3.17. The Morgan fingerprint density at radius 3 is 2.62 bits per heavy atom. The molecule has 10 heteroatoms. The average Bonchev–Trinajstić information content (AvgIpc) is 3.17. The van der Waals surface area contributed by atoms with Crippen molar-refractivity contribution in [2.45, 2.75) is 25.8 Å². The first-order valence-corrected chi connectivity index (χ1v) is 11.6. The first-order valence-electron chi connectivity index (χ1n) is 10.8. The number of nitrogens with one attached hydrogen (secondary N) is 1. The molecular weight excluding hydrogens is 507 g/mol. The van der Waals surface area contributed by atoms with E-state index in [1.807, 2.05) is 16.7 Å². The molecule has 0 unspecified atom stereocenters. The average molecular weight is 531 g/mol. The number of carboxylic acid groups (broad SMARTS) is 1. The minimum Gasteiger partial charge on any atom is -0.497 e. The van der Waals surface area contributed by atoms with Crippen LogP contribution in [-0.2, 0) is 0 Å². The molecule has 1 aromatic heterocycles. The van der Waals surface area contributed by atoms with Crippen molar-refractivity contribution in [2.75, 3.05) is 20.2 Å². The van der Waals surface area contributed by atoms with Crippen LogP contribution >= 0.6 is 15.9 Å². The van der Waals surface area contributed by atoms with Crippen LogP contribution in [0, 0.1) is 12.7 Å². The molecule has 8 nitrogen and oxygen atoms in total. The summed E-state index contributed by atoms with van der Waals surface area (Å²) in [5, 5.41) is 11.5. The molecule has 1 saturated heterocycles. The number of halogens is 2. The lowest BCUT2D eigenvalue weighted by atomic mass is 10.1. The van der Waals surface area contributed by atoms with Gasteiger partial charge in [-0.3, -0.25) is 9.36 Å². The second-order valence-electron chi connectivity index (χ2n) is 8.07. The molecule has 4 rings (SSSR count). The minimum absolute atomic E-state index is 0.241. The van der Waals surface area contributed by atoms with Crippen molar-refractivity contribution in [1.82, 2.24) is 19.8 Å². The molecule has 34 heavy (non-hydrogen) atoms. The van der Waals surface area contributed by atoms with Crippen molar-refractivity contribution in [3.8, 4) is 22.8 Å². The number of carbonyl (C=O) groups excluding carboxylic acids is 1. The maximum Gasteiger partial charge on any atom is 0.404 e. The van der Waals surface area contributed by atoms with Gasteiger partial charge in [-0.15, -0.1) is 0 Å². The number of nitrogens with zero attached hydrogens (tertiary/aromatic N) is 3. The molecule has 0 aliphatic carbocycles. The molecule has 1 fully saturated rings. The highest BCUT2D eigenvalue weighted by molar-refractivity contribution is 9.10. The molecule has 0 saturated carbocycles. The van der Waals surface area contributed by atoms with Crippen LogP contribution < -0.4 is 10.1 Å². The summed E-state index contributed by atoms with van der Waals surface area (Å²) in [6.45, 7) is 2.57. The van der Waals surface area contributed by atoms with E-state index in [0.29, 0.717) is 46.7 Å². The Hall–Kier alpha value is -3.40. The summed E-state index contributed by atoms with van der Waals surface area (Å²) in [6.07, 6.45) is 0.233. The number of likely N-dealkylation sites (tertiary alicyclic amines) is 1. The largest absolute Gasteiger partial charge is 0.497 e. The third-order valence-electron chi connectivity index (χ3n) is 5.85. The maximum absolute atomic E-state index is 14.4. The van der Waals surface area contributed by atoms with E-state index in [1.165, 1.54) is 6.07 Å². The van der Waals surface area contributed by atoms with E-state index < -0.39 is 11.9 Å². The lowest BCUT2D eigenvalue weighted by Gasteiger charge is -2.32. The summed E-state index contributed by atoms with van der Waals surface area (Å²) in [6, 6.07) is 11.7. The van der Waals surface area contributed by atoms with Gasteiger partial charge in [-0.05, 0) is 78.2 Å². The van der Waals surface area contributed by atoms with Gasteiger partial charge in [0, 0.05) is 30.4 Å². The first-order chi connectivity index (χ1) is 16.3. The number of ether oxygens (including phenoxy) is 1. The summed E-state index contributed by atoms with van der Waals surface area (Å²) in [4.78, 5) is 30.8. The van der Waals surface area contributed by atoms with Crippen LogP contribution in [0.25, 0.3) is 17.1 Å². The van der Waals surface area contributed by atoms with E-state index in [0.717, 1.165) is 5.69 Å². The highest BCUT2D eigenvalue weighted by Crippen LogP contribution is 2.30. The Balaban J connectivity index is 1.77. The predicted molar refractivity (Wildman–Crippen MR) is 128 cm³/mol. The molecular formula is C24H24BrFN4O4. The Morgan fingerprint density at radius 2 is 1.97 bits per heavy atom. The zero-order valence-electron chi connectivity index (χ0n) is 18.7. The molecule has 0 bridgehead atoms. The fourth-order valence-corrected chi connectivity index (χ4v) is 4.43. The van der Waals surface area contributed by atoms with Gasteiger partial charge in [0.15, 0.2) is 0 Å². The van der Waals surface area contributed by atoms with E-state index in [1.54, 1.807) is 43.2 Å². The van der Waals surface area contributed by atoms with Crippen LogP contribution in [0.5, 0.6) is 5.75 Å². The van der Waals surface area contributed by atoms with E-state index in [9.17, 15) is 14.0 Å². The van der Waals surface area contributed by atoms with Crippen molar-refractivity contribution in [3.05, 3.63) is 64.1 Å². The highest BCUT2D eigenvalue weighted by Gasteiger charge is 2.30. The minimum atomic E-state index is -1.11. The van der Waals surface area contributed by atoms with Crippen LogP contribution in [0.3, 0.4) is 0 Å². The fraction of sp³-hybridized carbons (Fsp3) is 0.292. The fourth-order valence-electron chi connectivity index (χ4n) is 4.18. The Kier molecular flexibility index (Phi) is 6.87. The van der Waals surface area contributed by atoms with E-state index in [4.69, 9.17) is 9.84 Å². The van der Waals surface area contributed by atoms with Crippen LogP contribution in [-0.4, -0.2) is 57.8 Å². The summed E-state index contributed by atoms with van der Waals surface area (Å²) in [5.41, 5.74) is 2.10. The lowest BCUT2D eigenvalue weighted by Crippen LogP contribution is -2.49. The number of amides is 2. The zero-order valence-corrected chi connectivity index (χ0v) is 20.3. The number of rotatable bonds is 5. The second kappa shape index (κ2) is 9.84. The molecule has 0 radical (unpaired) electrons. The van der Waals surface area contributed by atoms with Gasteiger partial charge in [0.2, 0.25) is 0 Å². The third-order valence-corrected chi connectivity index (χ3v) is 6.50. The Morgan fingerprint density at radius 1 is 1.24 bits per heavy atom. The molecule has 0 spiro atoms. The number of piperidine rings is 1. The summed E-state index contributed by atoms with van der Waals surface area (Å²) < 4.78 is 21.8. The number of methoxy groups -OCH3 is 1. The summed E-state index contributed by atoms with van der Waals surface area (Å²) in [5.74, 6) is 0.375. The number of carbonyl (C=O) groups is 2. The van der Waals surface area contributed by atoms with Crippen LogP contribution in [0.1, 0.15) is 29.0 Å². The Bertz CT molecular complexity index is 1230. The molecule has 3 aromatic rings. The molecule has 2 N–H and O–H groups in total. The molecule has 1 aliphatic rings. The molecule has 2 heterocycles. The van der Waals surface area contributed by atoms with Gasteiger partial charge in [0.25, 0.3) is 5.91 Å². The number of hydrogen-bond donors (Lipinski definition) is 2. The normalized spacial score (nSPS) is 15.8. The molecule has 178 valence electrons. The topological polar surface area (TPSA) is 96.7 Å². The quantitative estimate of drug-likeness (QED) is 0.501. The Labute approximate surface area is 204 Å². The monoisotopic (exact) mass is 530 g/mol. The predicted octanol–water partition coefficient (Wildman–Crippen LogP) is 4.63. The third kappa shape index (κ3) is 4.77. The van der Waals surface area contributed by atoms with Gasteiger partial charge < -0.3 is 20.1 Å². The van der Waals surface area contributed by atoms with Gasteiger partial charge in [-0.1, -0.05) is 0 Å². The van der Waals surface area contributed by atoms with Gasteiger partial charge in [-0.2, -0.15) is 0 Å². The van der Waals surface area contributed by atoms with E-state index in [2.05, 4.69) is 26.2 Å². The van der Waals surface area contributed by atoms with Crippen LogP contribution in [0.15, 0.2) is 46.9 Å². The van der Waals surface area contributed by atoms with Gasteiger partial charge >= 0.3 is 6.09 Å². The van der Waals surface area contributed by atoms with Gasteiger partial charge in [-0.25, -0.2) is 14.2 Å². The van der Waals surface area contributed by atoms with Crippen molar-refractivity contribution >= 4 is 27.9 Å².